The van der Waals surface area contributed by atoms with E-state index < -0.39 is 5.97 Å². The minimum atomic E-state index is -0.723. The Morgan fingerprint density at radius 3 is 2.32 bits per heavy atom. The SMILES string of the molecule is CCN(CC(=O)O)C1CCN(Cc2cc(C)cc(C)c2)CC1. The topological polar surface area (TPSA) is 43.8 Å². The number of rotatable bonds is 6. The molecule has 22 heavy (non-hydrogen) atoms. The lowest BCUT2D eigenvalue weighted by Crippen LogP contribution is -2.46. The lowest BCUT2D eigenvalue weighted by Gasteiger charge is -2.37. The normalized spacial score (nSPS) is 17.1. The highest BCUT2D eigenvalue weighted by molar-refractivity contribution is 5.69. The summed E-state index contributed by atoms with van der Waals surface area (Å²) in [4.78, 5) is 15.5. The maximum atomic E-state index is 10.9. The molecular formula is C18H28N2O2. The average molecular weight is 304 g/mol. The van der Waals surface area contributed by atoms with E-state index in [4.69, 9.17) is 5.11 Å². The highest BCUT2D eigenvalue weighted by Crippen LogP contribution is 2.19. The average Bonchev–Trinajstić information content (AvgIpc) is 2.44. The van der Waals surface area contributed by atoms with Gasteiger partial charge >= 0.3 is 5.97 Å². The molecule has 0 saturated carbocycles. The second kappa shape index (κ2) is 7.75. The predicted molar refractivity (Wildman–Crippen MR) is 89.1 cm³/mol. The molecule has 2 rings (SSSR count). The van der Waals surface area contributed by atoms with Gasteiger partial charge in [-0.05, 0) is 51.9 Å². The highest BCUT2D eigenvalue weighted by atomic mass is 16.4. The van der Waals surface area contributed by atoms with Crippen LogP contribution < -0.4 is 0 Å². The number of aliphatic carboxylic acids is 1. The first-order valence-corrected chi connectivity index (χ1v) is 8.23. The lowest BCUT2D eigenvalue weighted by molar-refractivity contribution is -0.139. The Hall–Kier alpha value is -1.39. The first-order chi connectivity index (χ1) is 10.5. The molecule has 0 radical (unpaired) electrons. The molecule has 1 saturated heterocycles. The number of likely N-dealkylation sites (tertiary alicyclic amines) is 1. The fraction of sp³-hybridized carbons (Fsp3) is 0.611. The van der Waals surface area contributed by atoms with Gasteiger partial charge in [0.15, 0.2) is 0 Å². The van der Waals surface area contributed by atoms with Crippen LogP contribution >= 0.6 is 0 Å². The van der Waals surface area contributed by atoms with Crippen molar-refractivity contribution in [2.75, 3.05) is 26.2 Å². The van der Waals surface area contributed by atoms with E-state index in [1.807, 2.05) is 6.92 Å². The maximum Gasteiger partial charge on any atom is 0.317 e. The maximum absolute atomic E-state index is 10.9. The first-order valence-electron chi connectivity index (χ1n) is 8.23. The molecule has 0 bridgehead atoms. The smallest absolute Gasteiger partial charge is 0.317 e. The van der Waals surface area contributed by atoms with Gasteiger partial charge in [-0.25, -0.2) is 0 Å². The standard InChI is InChI=1S/C18H28N2O2/c1-4-20(13-18(21)22)17-5-7-19(8-6-17)12-16-10-14(2)9-15(3)11-16/h9-11,17H,4-8,12-13H2,1-3H3,(H,21,22). The molecule has 4 heteroatoms. The molecule has 1 fully saturated rings. The molecule has 1 aromatic rings. The third kappa shape index (κ3) is 4.82. The summed E-state index contributed by atoms with van der Waals surface area (Å²) in [5.74, 6) is -0.723. The molecule has 1 aromatic carbocycles. The van der Waals surface area contributed by atoms with E-state index in [-0.39, 0.29) is 6.54 Å². The van der Waals surface area contributed by atoms with E-state index in [2.05, 4.69) is 41.8 Å². The summed E-state index contributed by atoms with van der Waals surface area (Å²) < 4.78 is 0. The number of carboxylic acid groups (broad SMARTS) is 1. The van der Waals surface area contributed by atoms with Crippen LogP contribution in [0.1, 0.15) is 36.5 Å². The Morgan fingerprint density at radius 1 is 1.23 bits per heavy atom. The van der Waals surface area contributed by atoms with Gasteiger partial charge in [0.2, 0.25) is 0 Å². The second-order valence-electron chi connectivity index (χ2n) is 6.46. The Kier molecular flexibility index (Phi) is 5.98. The van der Waals surface area contributed by atoms with E-state index in [0.717, 1.165) is 39.0 Å². The summed E-state index contributed by atoms with van der Waals surface area (Å²) in [6.45, 7) is 10.4. The largest absolute Gasteiger partial charge is 0.480 e. The Balaban J connectivity index is 1.87. The zero-order valence-corrected chi connectivity index (χ0v) is 14.0. The molecule has 0 unspecified atom stereocenters. The number of hydrogen-bond donors (Lipinski definition) is 1. The minimum absolute atomic E-state index is 0.165. The molecule has 1 heterocycles. The third-order valence-electron chi connectivity index (χ3n) is 4.51. The summed E-state index contributed by atoms with van der Waals surface area (Å²) in [5.41, 5.74) is 4.03. The third-order valence-corrected chi connectivity index (χ3v) is 4.51. The van der Waals surface area contributed by atoms with Gasteiger partial charge in [-0.1, -0.05) is 36.2 Å². The van der Waals surface area contributed by atoms with Crippen LogP contribution in [0.2, 0.25) is 0 Å². The summed E-state index contributed by atoms with van der Waals surface area (Å²) in [6, 6.07) is 7.15. The summed E-state index contributed by atoms with van der Waals surface area (Å²) in [7, 11) is 0. The van der Waals surface area contributed by atoms with Crippen molar-refractivity contribution >= 4 is 5.97 Å². The number of benzene rings is 1. The number of aryl methyl sites for hydroxylation is 2. The monoisotopic (exact) mass is 304 g/mol. The molecule has 0 spiro atoms. The minimum Gasteiger partial charge on any atom is -0.480 e. The Morgan fingerprint density at radius 2 is 1.82 bits per heavy atom. The van der Waals surface area contributed by atoms with Crippen LogP contribution in [0.25, 0.3) is 0 Å². The molecule has 0 aromatic heterocycles. The summed E-state index contributed by atoms with van der Waals surface area (Å²) >= 11 is 0. The summed E-state index contributed by atoms with van der Waals surface area (Å²) in [5, 5.41) is 8.99. The van der Waals surface area contributed by atoms with E-state index in [1.54, 1.807) is 0 Å². The first kappa shape index (κ1) is 17.0. The number of nitrogens with zero attached hydrogens (tertiary/aromatic N) is 2. The van der Waals surface area contributed by atoms with Gasteiger partial charge in [-0.2, -0.15) is 0 Å². The van der Waals surface area contributed by atoms with Gasteiger partial charge in [0.05, 0.1) is 6.54 Å². The molecule has 0 amide bonds. The zero-order chi connectivity index (χ0) is 16.1. The number of carboxylic acids is 1. The van der Waals surface area contributed by atoms with E-state index in [0.29, 0.717) is 6.04 Å². The van der Waals surface area contributed by atoms with Crippen LogP contribution in [-0.2, 0) is 11.3 Å². The van der Waals surface area contributed by atoms with Crippen molar-refractivity contribution in [2.24, 2.45) is 0 Å². The van der Waals surface area contributed by atoms with Crippen LogP contribution in [0, 0.1) is 13.8 Å². The fourth-order valence-corrected chi connectivity index (χ4v) is 3.53. The number of hydrogen-bond acceptors (Lipinski definition) is 3. The van der Waals surface area contributed by atoms with E-state index in [9.17, 15) is 4.79 Å². The van der Waals surface area contributed by atoms with Crippen LogP contribution in [0.5, 0.6) is 0 Å². The molecule has 1 aliphatic rings. The van der Waals surface area contributed by atoms with Gasteiger partial charge in [0.25, 0.3) is 0 Å². The number of likely N-dealkylation sites (N-methyl/N-ethyl adjacent to an activating group) is 1. The van der Waals surface area contributed by atoms with Gasteiger partial charge < -0.3 is 5.11 Å². The van der Waals surface area contributed by atoms with Crippen molar-refractivity contribution in [2.45, 2.75) is 46.2 Å². The molecule has 0 aliphatic carbocycles. The van der Waals surface area contributed by atoms with Crippen LogP contribution in [0.15, 0.2) is 18.2 Å². The van der Waals surface area contributed by atoms with Crippen LogP contribution in [0.3, 0.4) is 0 Å². The predicted octanol–water partition coefficient (Wildman–Crippen LogP) is 2.67. The number of piperidine rings is 1. The molecule has 4 nitrogen and oxygen atoms in total. The van der Waals surface area contributed by atoms with E-state index in [1.165, 1.54) is 16.7 Å². The lowest BCUT2D eigenvalue weighted by atomic mass is 10.0. The Labute approximate surface area is 133 Å². The van der Waals surface area contributed by atoms with Crippen molar-refractivity contribution in [3.8, 4) is 0 Å². The zero-order valence-electron chi connectivity index (χ0n) is 14.0. The van der Waals surface area contributed by atoms with Gasteiger partial charge in [0.1, 0.15) is 0 Å². The highest BCUT2D eigenvalue weighted by Gasteiger charge is 2.24. The van der Waals surface area contributed by atoms with Gasteiger partial charge in [-0.3, -0.25) is 14.6 Å². The van der Waals surface area contributed by atoms with Crippen molar-refractivity contribution in [1.82, 2.24) is 9.80 Å². The molecular weight excluding hydrogens is 276 g/mol. The quantitative estimate of drug-likeness (QED) is 0.877. The number of carbonyl (C=O) groups is 1. The summed E-state index contributed by atoms with van der Waals surface area (Å²) in [6.07, 6.45) is 2.12. The molecule has 122 valence electrons. The van der Waals surface area contributed by atoms with E-state index >= 15 is 0 Å². The van der Waals surface area contributed by atoms with Crippen molar-refractivity contribution in [3.05, 3.63) is 34.9 Å². The van der Waals surface area contributed by atoms with Crippen LogP contribution in [-0.4, -0.2) is 53.1 Å². The van der Waals surface area contributed by atoms with Crippen molar-refractivity contribution < 1.29 is 9.90 Å². The molecule has 0 atom stereocenters. The van der Waals surface area contributed by atoms with Gasteiger partial charge in [-0.15, -0.1) is 0 Å². The van der Waals surface area contributed by atoms with Crippen LogP contribution in [0.4, 0.5) is 0 Å². The second-order valence-corrected chi connectivity index (χ2v) is 6.46. The Bertz CT molecular complexity index is 488. The fourth-order valence-electron chi connectivity index (χ4n) is 3.53. The van der Waals surface area contributed by atoms with Crippen molar-refractivity contribution in [3.63, 3.8) is 0 Å². The molecule has 1 N–H and O–H groups in total. The van der Waals surface area contributed by atoms with Gasteiger partial charge in [0, 0.05) is 12.6 Å². The van der Waals surface area contributed by atoms with Crippen molar-refractivity contribution in [1.29, 1.82) is 0 Å². The molecule has 1 aliphatic heterocycles.